The summed E-state index contributed by atoms with van der Waals surface area (Å²) in [6, 6.07) is 5.41. The number of anilines is 1. The molecule has 1 aliphatic heterocycles. The van der Waals surface area contributed by atoms with Crippen LogP contribution < -0.4 is 10.6 Å². The molecule has 1 atom stereocenters. The van der Waals surface area contributed by atoms with Gasteiger partial charge in [-0.05, 0) is 18.6 Å². The summed E-state index contributed by atoms with van der Waals surface area (Å²) in [4.78, 5) is 25.0. The number of hydrogen-bond acceptors (Lipinski definition) is 7. The molecule has 1 aliphatic rings. The number of nitrogens with zero attached hydrogens (tertiary/aromatic N) is 3. The van der Waals surface area contributed by atoms with Crippen molar-refractivity contribution in [3.8, 4) is 0 Å². The molecular weight excluding hydrogens is 334 g/mol. The van der Waals surface area contributed by atoms with Crippen LogP contribution in [0.15, 0.2) is 30.6 Å². The molecule has 0 unspecified atom stereocenters. The van der Waals surface area contributed by atoms with Crippen molar-refractivity contribution in [3.63, 3.8) is 0 Å². The van der Waals surface area contributed by atoms with Gasteiger partial charge in [0.15, 0.2) is 5.82 Å². The zero-order valence-electron chi connectivity index (χ0n) is 14.8. The molecule has 0 aliphatic carbocycles. The summed E-state index contributed by atoms with van der Waals surface area (Å²) in [5, 5.41) is 6.09. The normalized spacial score (nSPS) is 16.4. The first-order chi connectivity index (χ1) is 12.8. The molecule has 8 nitrogen and oxygen atoms in total. The molecule has 0 aromatic carbocycles. The van der Waals surface area contributed by atoms with E-state index >= 15 is 0 Å². The number of pyridine rings is 1. The second kappa shape index (κ2) is 9.21. The topological polar surface area (TPSA) is 98.3 Å². The molecule has 2 aromatic rings. The third-order valence-corrected chi connectivity index (χ3v) is 4.05. The van der Waals surface area contributed by atoms with E-state index in [1.54, 1.807) is 31.6 Å². The summed E-state index contributed by atoms with van der Waals surface area (Å²) in [5.41, 5.74) is 1.51. The van der Waals surface area contributed by atoms with Gasteiger partial charge in [-0.3, -0.25) is 9.78 Å². The molecule has 2 aromatic heterocycles. The van der Waals surface area contributed by atoms with Crippen LogP contribution in [0.25, 0.3) is 0 Å². The highest BCUT2D eigenvalue weighted by Crippen LogP contribution is 2.25. The van der Waals surface area contributed by atoms with Gasteiger partial charge in [0.2, 0.25) is 0 Å². The van der Waals surface area contributed by atoms with Gasteiger partial charge in [0, 0.05) is 51.2 Å². The van der Waals surface area contributed by atoms with Crippen LogP contribution in [0, 0.1) is 0 Å². The molecule has 26 heavy (non-hydrogen) atoms. The highest BCUT2D eigenvalue weighted by Gasteiger charge is 2.20. The molecule has 0 radical (unpaired) electrons. The lowest BCUT2D eigenvalue weighted by atomic mass is 10.0. The van der Waals surface area contributed by atoms with E-state index in [9.17, 15) is 4.79 Å². The molecule has 0 spiro atoms. The van der Waals surface area contributed by atoms with Crippen molar-refractivity contribution < 1.29 is 14.3 Å². The summed E-state index contributed by atoms with van der Waals surface area (Å²) in [5.74, 6) is 1.51. The van der Waals surface area contributed by atoms with Gasteiger partial charge in [-0.2, -0.15) is 0 Å². The molecule has 1 fully saturated rings. The van der Waals surface area contributed by atoms with Crippen LogP contribution in [0.5, 0.6) is 0 Å². The van der Waals surface area contributed by atoms with Gasteiger partial charge in [-0.25, -0.2) is 9.97 Å². The van der Waals surface area contributed by atoms with Gasteiger partial charge >= 0.3 is 0 Å². The van der Waals surface area contributed by atoms with Crippen molar-refractivity contribution in [3.05, 3.63) is 47.7 Å². The Balaban J connectivity index is 1.55. The van der Waals surface area contributed by atoms with Crippen molar-refractivity contribution in [2.24, 2.45) is 0 Å². The monoisotopic (exact) mass is 357 g/mol. The summed E-state index contributed by atoms with van der Waals surface area (Å²) in [6.07, 6.45) is 4.14. The SMILES string of the molecule is COCc1nc(NCCNC(=O)c2cccnc2)cc([C@H]2CCOC2)n1. The van der Waals surface area contributed by atoms with Crippen LogP contribution in [-0.4, -0.2) is 54.3 Å². The fourth-order valence-corrected chi connectivity index (χ4v) is 2.74. The third-order valence-electron chi connectivity index (χ3n) is 4.05. The predicted molar refractivity (Wildman–Crippen MR) is 96.0 cm³/mol. The van der Waals surface area contributed by atoms with E-state index in [0.717, 1.165) is 24.5 Å². The molecule has 8 heteroatoms. The summed E-state index contributed by atoms with van der Waals surface area (Å²) >= 11 is 0. The second-order valence-corrected chi connectivity index (χ2v) is 6.01. The highest BCUT2D eigenvalue weighted by atomic mass is 16.5. The van der Waals surface area contributed by atoms with Crippen molar-refractivity contribution >= 4 is 11.7 Å². The Morgan fingerprint density at radius 1 is 1.38 bits per heavy atom. The van der Waals surface area contributed by atoms with Crippen molar-refractivity contribution in [1.29, 1.82) is 0 Å². The fraction of sp³-hybridized carbons (Fsp3) is 0.444. The molecule has 0 bridgehead atoms. The molecule has 0 saturated carbocycles. The minimum absolute atomic E-state index is 0.147. The maximum absolute atomic E-state index is 12.0. The first-order valence-electron chi connectivity index (χ1n) is 8.63. The molecular formula is C18H23N5O3. The molecule has 1 saturated heterocycles. The number of nitrogens with one attached hydrogen (secondary N) is 2. The highest BCUT2D eigenvalue weighted by molar-refractivity contribution is 5.93. The smallest absolute Gasteiger partial charge is 0.252 e. The average molecular weight is 357 g/mol. The van der Waals surface area contributed by atoms with Crippen LogP contribution in [0.2, 0.25) is 0 Å². The Kier molecular flexibility index (Phi) is 6.45. The zero-order chi connectivity index (χ0) is 18.2. The summed E-state index contributed by atoms with van der Waals surface area (Å²) in [6.45, 7) is 2.82. The molecule has 3 rings (SSSR count). The summed E-state index contributed by atoms with van der Waals surface area (Å²) in [7, 11) is 1.62. The number of carbonyl (C=O) groups is 1. The Hall–Kier alpha value is -2.58. The lowest BCUT2D eigenvalue weighted by Gasteiger charge is -2.13. The minimum atomic E-state index is -0.147. The Labute approximate surface area is 152 Å². The van der Waals surface area contributed by atoms with E-state index in [-0.39, 0.29) is 5.91 Å². The van der Waals surface area contributed by atoms with Gasteiger partial charge in [0.05, 0.1) is 17.9 Å². The number of aromatic nitrogens is 3. The van der Waals surface area contributed by atoms with Gasteiger partial charge < -0.3 is 20.1 Å². The van der Waals surface area contributed by atoms with Crippen molar-refractivity contribution in [2.45, 2.75) is 18.9 Å². The lowest BCUT2D eigenvalue weighted by molar-refractivity contribution is 0.0955. The number of carbonyl (C=O) groups excluding carboxylic acids is 1. The van der Waals surface area contributed by atoms with Crippen LogP contribution >= 0.6 is 0 Å². The number of hydrogen-bond donors (Lipinski definition) is 2. The number of ether oxygens (including phenoxy) is 2. The molecule has 2 N–H and O–H groups in total. The molecule has 3 heterocycles. The van der Waals surface area contributed by atoms with Gasteiger partial charge in [0.25, 0.3) is 5.91 Å². The lowest BCUT2D eigenvalue weighted by Crippen LogP contribution is -2.29. The largest absolute Gasteiger partial charge is 0.381 e. The Morgan fingerprint density at radius 3 is 3.04 bits per heavy atom. The second-order valence-electron chi connectivity index (χ2n) is 6.01. The standard InChI is InChI=1S/C18H23N5O3/c1-25-12-17-22-15(14-4-8-26-11-14)9-16(23-17)20-6-7-21-18(24)13-3-2-5-19-10-13/h2-3,5,9-10,14H,4,6-8,11-12H2,1H3,(H,21,24)(H,20,22,23)/t14-/m0/s1. The third kappa shape index (κ3) is 4.96. The molecule has 1 amide bonds. The van der Waals surface area contributed by atoms with E-state index in [1.807, 2.05) is 6.07 Å². The van der Waals surface area contributed by atoms with Gasteiger partial charge in [-0.1, -0.05) is 0 Å². The van der Waals surface area contributed by atoms with E-state index in [1.165, 1.54) is 0 Å². The van der Waals surface area contributed by atoms with Crippen molar-refractivity contribution in [1.82, 2.24) is 20.3 Å². The van der Waals surface area contributed by atoms with Crippen molar-refractivity contribution in [2.75, 3.05) is 38.7 Å². The minimum Gasteiger partial charge on any atom is -0.381 e. The van der Waals surface area contributed by atoms with Crippen LogP contribution in [0.1, 0.15) is 34.2 Å². The number of rotatable bonds is 8. The maximum atomic E-state index is 12.0. The first-order valence-corrected chi connectivity index (χ1v) is 8.63. The van der Waals surface area contributed by atoms with Crippen LogP contribution in [0.3, 0.4) is 0 Å². The number of amides is 1. The summed E-state index contributed by atoms with van der Waals surface area (Å²) < 4.78 is 10.6. The van der Waals surface area contributed by atoms with Gasteiger partial charge in [0.1, 0.15) is 12.4 Å². The fourth-order valence-electron chi connectivity index (χ4n) is 2.74. The van der Waals surface area contributed by atoms with E-state index in [4.69, 9.17) is 9.47 Å². The zero-order valence-corrected chi connectivity index (χ0v) is 14.8. The maximum Gasteiger partial charge on any atom is 0.252 e. The quantitative estimate of drug-likeness (QED) is 0.688. The van der Waals surface area contributed by atoms with E-state index in [0.29, 0.717) is 43.6 Å². The average Bonchev–Trinajstić information content (AvgIpc) is 3.21. The van der Waals surface area contributed by atoms with Crippen LogP contribution in [0.4, 0.5) is 5.82 Å². The van der Waals surface area contributed by atoms with Gasteiger partial charge in [-0.15, -0.1) is 0 Å². The Morgan fingerprint density at radius 2 is 2.31 bits per heavy atom. The van der Waals surface area contributed by atoms with Crippen LogP contribution in [-0.2, 0) is 16.1 Å². The first kappa shape index (κ1) is 18.2. The predicted octanol–water partition coefficient (Wildman–Crippen LogP) is 1.36. The van der Waals surface area contributed by atoms with E-state index in [2.05, 4.69) is 25.6 Å². The molecule has 138 valence electrons. The van der Waals surface area contributed by atoms with E-state index < -0.39 is 0 Å². The Bertz CT molecular complexity index is 720. The number of methoxy groups -OCH3 is 1.